The standard InChI is InChI=1S/C5H4O2Si/c6-4-2-1-3-8-5(4)7-8/h1-3,5H. The molecular formula is C5H4O2Si. The Morgan fingerprint density at radius 2 is 2.62 bits per heavy atom. The van der Waals surface area contributed by atoms with Crippen LogP contribution in [0.5, 0.6) is 0 Å². The van der Waals surface area contributed by atoms with Crippen molar-refractivity contribution in [3.63, 3.8) is 0 Å². The van der Waals surface area contributed by atoms with Crippen LogP contribution >= 0.6 is 0 Å². The lowest BCUT2D eigenvalue weighted by molar-refractivity contribution is -0.115. The SMILES string of the molecule is O=C1C=CC=[Si]2OC12. The molecule has 0 bridgehead atoms. The van der Waals surface area contributed by atoms with E-state index in [0.29, 0.717) is 0 Å². The highest BCUT2D eigenvalue weighted by atomic mass is 28.3. The van der Waals surface area contributed by atoms with E-state index >= 15 is 0 Å². The lowest BCUT2D eigenvalue weighted by Crippen LogP contribution is -2.08. The molecule has 2 aliphatic rings. The topological polar surface area (TPSA) is 29.6 Å². The van der Waals surface area contributed by atoms with Gasteiger partial charge in [0.15, 0.2) is 11.5 Å². The molecule has 0 saturated carbocycles. The van der Waals surface area contributed by atoms with E-state index in [1.54, 1.807) is 12.2 Å². The van der Waals surface area contributed by atoms with Crippen molar-refractivity contribution in [3.8, 4) is 0 Å². The molecule has 0 spiro atoms. The molecule has 2 aliphatic heterocycles. The first kappa shape index (κ1) is 4.20. The second-order valence-corrected chi connectivity index (χ2v) is 3.73. The third-order valence-electron chi connectivity index (χ3n) is 1.23. The molecule has 40 valence electrons. The number of fused-ring (bicyclic) bond motifs is 1. The van der Waals surface area contributed by atoms with E-state index in [-0.39, 0.29) is 11.5 Å². The first-order chi connectivity index (χ1) is 3.88. The van der Waals surface area contributed by atoms with Crippen molar-refractivity contribution >= 4 is 20.1 Å². The van der Waals surface area contributed by atoms with E-state index in [2.05, 4.69) is 0 Å². The Bertz CT molecular complexity index is 202. The molecule has 0 N–H and O–H groups in total. The van der Waals surface area contributed by atoms with Gasteiger partial charge in [-0.1, -0.05) is 6.08 Å². The van der Waals surface area contributed by atoms with Crippen LogP contribution in [0.25, 0.3) is 0 Å². The van der Waals surface area contributed by atoms with Gasteiger partial charge in [0.25, 0.3) is 8.65 Å². The van der Waals surface area contributed by atoms with Gasteiger partial charge < -0.3 is 4.43 Å². The molecule has 0 aliphatic carbocycles. The molecule has 3 heteroatoms. The van der Waals surface area contributed by atoms with E-state index in [1.807, 2.05) is 5.67 Å². The van der Waals surface area contributed by atoms with E-state index in [9.17, 15) is 4.79 Å². The van der Waals surface area contributed by atoms with Crippen molar-refractivity contribution in [3.05, 3.63) is 12.2 Å². The highest BCUT2D eigenvalue weighted by Crippen LogP contribution is 2.14. The van der Waals surface area contributed by atoms with Crippen LogP contribution in [0.1, 0.15) is 0 Å². The Morgan fingerprint density at radius 1 is 1.75 bits per heavy atom. The minimum atomic E-state index is -0.736. The summed E-state index contributed by atoms with van der Waals surface area (Å²) in [5, 5.41) is 0. The number of hydrogen-bond donors (Lipinski definition) is 0. The van der Waals surface area contributed by atoms with Gasteiger partial charge >= 0.3 is 0 Å². The molecule has 1 unspecified atom stereocenters. The summed E-state index contributed by atoms with van der Waals surface area (Å²) in [6.07, 6.45) is 3.37. The highest BCUT2D eigenvalue weighted by Gasteiger charge is 2.40. The van der Waals surface area contributed by atoms with Gasteiger partial charge in [0, 0.05) is 0 Å². The van der Waals surface area contributed by atoms with Crippen molar-refractivity contribution in [2.75, 3.05) is 0 Å². The van der Waals surface area contributed by atoms with Crippen LogP contribution in [-0.4, -0.2) is 25.8 Å². The first-order valence-corrected chi connectivity index (χ1v) is 4.03. The molecule has 2 heterocycles. The smallest absolute Gasteiger partial charge is 0.283 e. The Labute approximate surface area is 48.1 Å². The minimum Gasteiger partial charge on any atom is -0.533 e. The zero-order chi connectivity index (χ0) is 5.56. The fourth-order valence-corrected chi connectivity index (χ4v) is 2.19. The normalized spacial score (nSPS) is 30.8. The molecule has 0 amide bonds. The molecule has 0 aromatic heterocycles. The molecular weight excluding hydrogens is 120 g/mol. The van der Waals surface area contributed by atoms with Crippen molar-refractivity contribution in [2.24, 2.45) is 0 Å². The molecule has 2 nitrogen and oxygen atoms in total. The Kier molecular flexibility index (Phi) is 0.614. The zero-order valence-corrected chi connectivity index (χ0v) is 5.13. The van der Waals surface area contributed by atoms with Crippen LogP contribution in [-0.2, 0) is 9.22 Å². The summed E-state index contributed by atoms with van der Waals surface area (Å²) < 4.78 is 5.02. The molecule has 0 aromatic rings. The number of carbonyl (C=O) groups is 1. The lowest BCUT2D eigenvalue weighted by Gasteiger charge is -1.82. The maximum Gasteiger partial charge on any atom is 0.283 e. The van der Waals surface area contributed by atoms with Crippen molar-refractivity contribution < 1.29 is 9.22 Å². The summed E-state index contributed by atoms with van der Waals surface area (Å²) in [5.41, 5.74) is 1.99. The Hall–Kier alpha value is -0.703. The van der Waals surface area contributed by atoms with Gasteiger partial charge in [-0.15, -0.1) is 0 Å². The highest BCUT2D eigenvalue weighted by molar-refractivity contribution is 6.75. The lowest BCUT2D eigenvalue weighted by atomic mass is 10.4. The van der Waals surface area contributed by atoms with Crippen LogP contribution in [0.3, 0.4) is 0 Å². The van der Waals surface area contributed by atoms with Gasteiger partial charge in [0.2, 0.25) is 0 Å². The maximum atomic E-state index is 10.6. The fraction of sp³-hybridized carbons (Fsp3) is 0.200. The Balaban J connectivity index is 2.40. The van der Waals surface area contributed by atoms with Crippen LogP contribution in [0, 0.1) is 0 Å². The number of carbonyl (C=O) groups excluding carboxylic acids is 1. The van der Waals surface area contributed by atoms with Crippen molar-refractivity contribution in [2.45, 2.75) is 5.73 Å². The minimum absolute atomic E-state index is 0.00926. The maximum absolute atomic E-state index is 10.6. The zero-order valence-electron chi connectivity index (χ0n) is 4.13. The quantitative estimate of drug-likeness (QED) is 0.320. The summed E-state index contributed by atoms with van der Waals surface area (Å²) in [6.45, 7) is 0. The van der Waals surface area contributed by atoms with E-state index in [4.69, 9.17) is 4.43 Å². The predicted octanol–water partition coefficient (Wildman–Crippen LogP) is -0.561. The third kappa shape index (κ3) is 0.418. The largest absolute Gasteiger partial charge is 0.533 e. The van der Waals surface area contributed by atoms with Crippen molar-refractivity contribution in [1.29, 1.82) is 0 Å². The monoisotopic (exact) mass is 124 g/mol. The van der Waals surface area contributed by atoms with Gasteiger partial charge in [-0.25, -0.2) is 0 Å². The van der Waals surface area contributed by atoms with Gasteiger partial charge in [-0.2, -0.15) is 0 Å². The van der Waals surface area contributed by atoms with Gasteiger partial charge in [-0.05, 0) is 11.7 Å². The summed E-state index contributed by atoms with van der Waals surface area (Å²) in [4.78, 5) is 10.6. The van der Waals surface area contributed by atoms with Gasteiger partial charge in [-0.3, -0.25) is 4.79 Å². The molecule has 1 saturated heterocycles. The van der Waals surface area contributed by atoms with Crippen LogP contribution in [0.15, 0.2) is 12.2 Å². The summed E-state index contributed by atoms with van der Waals surface area (Å²) in [5.74, 6) is 0.154. The summed E-state index contributed by atoms with van der Waals surface area (Å²) in [7, 11) is -0.736. The molecule has 1 atom stereocenters. The van der Waals surface area contributed by atoms with Crippen LogP contribution < -0.4 is 0 Å². The molecule has 8 heavy (non-hydrogen) atoms. The van der Waals surface area contributed by atoms with Gasteiger partial charge in [0.1, 0.15) is 0 Å². The molecule has 0 aromatic carbocycles. The number of allylic oxidation sites excluding steroid dienone is 1. The number of hydrogen-bond acceptors (Lipinski definition) is 2. The number of rotatable bonds is 0. The predicted molar refractivity (Wildman–Crippen MR) is 30.8 cm³/mol. The van der Waals surface area contributed by atoms with E-state index < -0.39 is 8.65 Å². The first-order valence-electron chi connectivity index (χ1n) is 2.47. The molecule has 2 rings (SSSR count). The van der Waals surface area contributed by atoms with Crippen LogP contribution in [0.4, 0.5) is 0 Å². The average Bonchev–Trinajstić information content (AvgIpc) is 2.45. The summed E-state index contributed by atoms with van der Waals surface area (Å²) in [6, 6.07) is 0. The Morgan fingerprint density at radius 3 is 3.25 bits per heavy atom. The second kappa shape index (κ2) is 1.17. The second-order valence-electron chi connectivity index (χ2n) is 1.83. The number of ketones is 1. The van der Waals surface area contributed by atoms with E-state index in [0.717, 1.165) is 0 Å². The molecule has 1 fully saturated rings. The van der Waals surface area contributed by atoms with E-state index in [1.165, 1.54) is 0 Å². The van der Waals surface area contributed by atoms with Crippen LogP contribution in [0.2, 0.25) is 0 Å². The third-order valence-corrected chi connectivity index (χ3v) is 2.95. The fourth-order valence-electron chi connectivity index (χ4n) is 0.752. The molecule has 0 radical (unpaired) electrons. The summed E-state index contributed by atoms with van der Waals surface area (Å²) >= 11 is 0. The van der Waals surface area contributed by atoms with Crippen molar-refractivity contribution in [1.82, 2.24) is 0 Å². The average molecular weight is 124 g/mol. The van der Waals surface area contributed by atoms with Gasteiger partial charge in [0.05, 0.1) is 0 Å².